The van der Waals surface area contributed by atoms with E-state index in [1.54, 1.807) is 17.8 Å². The molecule has 1 aromatic heterocycles. The standard InChI is InChI=1S/C14H17NO3S/c1-19-9-11(6-7-16)15-14(17)13-8-10-4-2-3-5-12(10)18-13/h2-5,8,11,16H,6-7,9H2,1H3,(H,15,17). The maximum Gasteiger partial charge on any atom is 0.287 e. The molecule has 1 heterocycles. The second kappa shape index (κ2) is 6.63. The number of carbonyl (C=O) groups is 1. The maximum absolute atomic E-state index is 12.1. The molecule has 0 aliphatic carbocycles. The third-order valence-corrected chi connectivity index (χ3v) is 3.57. The molecule has 0 saturated carbocycles. The fourth-order valence-electron chi connectivity index (χ4n) is 1.90. The summed E-state index contributed by atoms with van der Waals surface area (Å²) in [5.74, 6) is 0.848. The van der Waals surface area contributed by atoms with Gasteiger partial charge in [-0.05, 0) is 24.8 Å². The highest BCUT2D eigenvalue weighted by Crippen LogP contribution is 2.18. The number of aliphatic hydroxyl groups excluding tert-OH is 1. The van der Waals surface area contributed by atoms with Gasteiger partial charge in [-0.1, -0.05) is 18.2 Å². The van der Waals surface area contributed by atoms with Crippen molar-refractivity contribution in [2.75, 3.05) is 18.6 Å². The van der Waals surface area contributed by atoms with E-state index < -0.39 is 0 Å². The molecule has 102 valence electrons. The van der Waals surface area contributed by atoms with Crippen LogP contribution >= 0.6 is 11.8 Å². The lowest BCUT2D eigenvalue weighted by Crippen LogP contribution is -2.37. The minimum absolute atomic E-state index is 0.0410. The molecule has 0 fully saturated rings. The smallest absolute Gasteiger partial charge is 0.287 e. The average Bonchev–Trinajstić information content (AvgIpc) is 2.83. The minimum Gasteiger partial charge on any atom is -0.451 e. The van der Waals surface area contributed by atoms with Gasteiger partial charge in [-0.3, -0.25) is 4.79 Å². The Kier molecular flexibility index (Phi) is 4.87. The van der Waals surface area contributed by atoms with Crippen molar-refractivity contribution in [1.82, 2.24) is 5.32 Å². The zero-order chi connectivity index (χ0) is 13.7. The predicted molar refractivity (Wildman–Crippen MR) is 77.6 cm³/mol. The van der Waals surface area contributed by atoms with Gasteiger partial charge in [0.1, 0.15) is 5.58 Å². The van der Waals surface area contributed by atoms with Gasteiger partial charge in [-0.25, -0.2) is 0 Å². The number of carbonyl (C=O) groups excluding carboxylic acids is 1. The summed E-state index contributed by atoms with van der Waals surface area (Å²) in [4.78, 5) is 12.1. The molecule has 0 bridgehead atoms. The van der Waals surface area contributed by atoms with Crippen LogP contribution in [0.3, 0.4) is 0 Å². The first-order chi connectivity index (χ1) is 9.24. The number of hydrogen-bond acceptors (Lipinski definition) is 4. The molecule has 0 radical (unpaired) electrons. The lowest BCUT2D eigenvalue weighted by molar-refractivity contribution is 0.0909. The summed E-state index contributed by atoms with van der Waals surface area (Å²) in [6, 6.07) is 9.21. The van der Waals surface area contributed by atoms with E-state index in [0.29, 0.717) is 17.8 Å². The molecule has 0 saturated heterocycles. The van der Waals surface area contributed by atoms with Crippen LogP contribution in [-0.2, 0) is 0 Å². The number of para-hydroxylation sites is 1. The van der Waals surface area contributed by atoms with Gasteiger partial charge in [0.05, 0.1) is 0 Å². The monoisotopic (exact) mass is 279 g/mol. The Morgan fingerprint density at radius 2 is 2.26 bits per heavy atom. The average molecular weight is 279 g/mol. The molecule has 1 amide bonds. The first-order valence-corrected chi connectivity index (χ1v) is 7.53. The van der Waals surface area contributed by atoms with Gasteiger partial charge < -0.3 is 14.8 Å². The highest BCUT2D eigenvalue weighted by atomic mass is 32.2. The van der Waals surface area contributed by atoms with Crippen LogP contribution in [0.4, 0.5) is 0 Å². The highest BCUT2D eigenvalue weighted by Gasteiger charge is 2.16. The molecule has 1 unspecified atom stereocenters. The van der Waals surface area contributed by atoms with Gasteiger partial charge in [-0.2, -0.15) is 11.8 Å². The number of thioether (sulfide) groups is 1. The van der Waals surface area contributed by atoms with Crippen molar-refractivity contribution >= 4 is 28.6 Å². The quantitative estimate of drug-likeness (QED) is 0.851. The Labute approximate surface area is 116 Å². The summed E-state index contributed by atoms with van der Waals surface area (Å²) in [5, 5.41) is 12.8. The fraction of sp³-hybridized carbons (Fsp3) is 0.357. The van der Waals surface area contributed by atoms with Crippen molar-refractivity contribution in [3.8, 4) is 0 Å². The van der Waals surface area contributed by atoms with E-state index in [4.69, 9.17) is 9.52 Å². The normalized spacial score (nSPS) is 12.5. The first kappa shape index (κ1) is 14.0. The van der Waals surface area contributed by atoms with Crippen molar-refractivity contribution in [1.29, 1.82) is 0 Å². The summed E-state index contributed by atoms with van der Waals surface area (Å²) < 4.78 is 5.51. The summed E-state index contributed by atoms with van der Waals surface area (Å²) in [6.45, 7) is 0.0611. The summed E-state index contributed by atoms with van der Waals surface area (Å²) in [5.41, 5.74) is 0.705. The van der Waals surface area contributed by atoms with Crippen LogP contribution < -0.4 is 5.32 Å². The van der Waals surface area contributed by atoms with E-state index >= 15 is 0 Å². The summed E-state index contributed by atoms with van der Waals surface area (Å²) in [7, 11) is 0. The Bertz CT molecular complexity index is 513. The number of nitrogens with one attached hydrogen (secondary N) is 1. The SMILES string of the molecule is CSCC(CCO)NC(=O)c1cc2ccccc2o1. The fourth-order valence-corrected chi connectivity index (χ4v) is 2.56. The van der Waals surface area contributed by atoms with Gasteiger partial charge in [0.2, 0.25) is 0 Å². The molecular formula is C14H17NO3S. The molecule has 2 N–H and O–H groups in total. The minimum atomic E-state index is -0.233. The van der Waals surface area contributed by atoms with Crippen LogP contribution in [-0.4, -0.2) is 35.7 Å². The van der Waals surface area contributed by atoms with E-state index in [1.807, 2.05) is 30.5 Å². The zero-order valence-corrected chi connectivity index (χ0v) is 11.6. The summed E-state index contributed by atoms with van der Waals surface area (Å²) >= 11 is 1.64. The largest absolute Gasteiger partial charge is 0.451 e. The van der Waals surface area contributed by atoms with Crippen LogP contribution in [0.2, 0.25) is 0 Å². The Balaban J connectivity index is 2.09. The molecule has 2 aromatic rings. The Hall–Kier alpha value is -1.46. The molecule has 1 atom stereocenters. The zero-order valence-electron chi connectivity index (χ0n) is 10.8. The molecule has 1 aromatic carbocycles. The number of benzene rings is 1. The number of furan rings is 1. The molecule has 5 heteroatoms. The second-order valence-corrected chi connectivity index (χ2v) is 5.20. The van der Waals surface area contributed by atoms with Gasteiger partial charge in [0.15, 0.2) is 5.76 Å². The van der Waals surface area contributed by atoms with Crippen LogP contribution in [0.15, 0.2) is 34.7 Å². The lowest BCUT2D eigenvalue weighted by Gasteiger charge is -2.15. The van der Waals surface area contributed by atoms with Gasteiger partial charge in [0, 0.05) is 23.8 Å². The Morgan fingerprint density at radius 3 is 2.95 bits per heavy atom. The Morgan fingerprint density at radius 1 is 1.47 bits per heavy atom. The van der Waals surface area contributed by atoms with Crippen molar-refractivity contribution in [2.45, 2.75) is 12.5 Å². The second-order valence-electron chi connectivity index (χ2n) is 4.29. The molecule has 4 nitrogen and oxygen atoms in total. The molecule has 0 aliphatic heterocycles. The number of aliphatic hydroxyl groups is 1. The molecular weight excluding hydrogens is 262 g/mol. The van der Waals surface area contributed by atoms with Crippen molar-refractivity contribution in [3.63, 3.8) is 0 Å². The van der Waals surface area contributed by atoms with Crippen molar-refractivity contribution < 1.29 is 14.3 Å². The maximum atomic E-state index is 12.1. The van der Waals surface area contributed by atoms with Gasteiger partial charge in [0.25, 0.3) is 5.91 Å². The lowest BCUT2D eigenvalue weighted by atomic mass is 10.2. The number of fused-ring (bicyclic) bond motifs is 1. The van der Waals surface area contributed by atoms with Crippen molar-refractivity contribution in [2.24, 2.45) is 0 Å². The predicted octanol–water partition coefficient (Wildman–Crippen LogP) is 2.28. The first-order valence-electron chi connectivity index (χ1n) is 6.14. The van der Waals surface area contributed by atoms with Crippen LogP contribution in [0.5, 0.6) is 0 Å². The van der Waals surface area contributed by atoms with E-state index in [9.17, 15) is 4.79 Å². The third kappa shape index (κ3) is 3.52. The molecule has 0 aliphatic rings. The highest BCUT2D eigenvalue weighted by molar-refractivity contribution is 7.98. The van der Waals surface area contributed by atoms with Crippen LogP contribution in [0.25, 0.3) is 11.0 Å². The number of hydrogen-bond donors (Lipinski definition) is 2. The molecule has 0 spiro atoms. The number of amides is 1. The number of rotatable bonds is 6. The van der Waals surface area contributed by atoms with Crippen LogP contribution in [0, 0.1) is 0 Å². The van der Waals surface area contributed by atoms with Gasteiger partial charge >= 0.3 is 0 Å². The summed E-state index contributed by atoms with van der Waals surface area (Å²) in [6.07, 6.45) is 2.52. The van der Waals surface area contributed by atoms with E-state index in [0.717, 1.165) is 11.1 Å². The van der Waals surface area contributed by atoms with Crippen LogP contribution in [0.1, 0.15) is 17.0 Å². The van der Waals surface area contributed by atoms with Crippen molar-refractivity contribution in [3.05, 3.63) is 36.1 Å². The van der Waals surface area contributed by atoms with Gasteiger partial charge in [-0.15, -0.1) is 0 Å². The van der Waals surface area contributed by atoms with E-state index in [2.05, 4.69) is 5.32 Å². The van der Waals surface area contributed by atoms with E-state index in [1.165, 1.54) is 0 Å². The van der Waals surface area contributed by atoms with E-state index in [-0.39, 0.29) is 18.6 Å². The third-order valence-electron chi connectivity index (χ3n) is 2.83. The molecule has 19 heavy (non-hydrogen) atoms. The topological polar surface area (TPSA) is 62.5 Å². The molecule has 2 rings (SSSR count).